The first-order valence-electron chi connectivity index (χ1n) is 7.61. The molecule has 3 nitrogen and oxygen atoms in total. The minimum absolute atomic E-state index is 0.00641. The summed E-state index contributed by atoms with van der Waals surface area (Å²) in [6.07, 6.45) is 4.33. The lowest BCUT2D eigenvalue weighted by Gasteiger charge is -2.38. The highest BCUT2D eigenvalue weighted by Crippen LogP contribution is 2.41. The number of hydrogen-bond donors (Lipinski definition) is 1. The average Bonchev–Trinajstić information content (AvgIpc) is 2.41. The molecule has 1 aliphatic rings. The maximum absolute atomic E-state index is 11.8. The van der Waals surface area contributed by atoms with E-state index in [0.717, 1.165) is 30.4 Å². The van der Waals surface area contributed by atoms with Gasteiger partial charge in [0.1, 0.15) is 9.84 Å². The highest BCUT2D eigenvalue weighted by atomic mass is 32.2. The summed E-state index contributed by atoms with van der Waals surface area (Å²) in [4.78, 5) is 0. The van der Waals surface area contributed by atoms with Gasteiger partial charge < -0.3 is 5.11 Å². The van der Waals surface area contributed by atoms with Crippen LogP contribution in [-0.4, -0.2) is 25.0 Å². The van der Waals surface area contributed by atoms with Crippen molar-refractivity contribution in [2.75, 3.05) is 6.26 Å². The molecule has 1 N–H and O–H groups in total. The second-order valence-corrected chi connectivity index (χ2v) is 9.09. The summed E-state index contributed by atoms with van der Waals surface area (Å²) in [7, 11) is -3.03. The van der Waals surface area contributed by atoms with Crippen LogP contribution in [0.5, 0.6) is 0 Å². The first-order valence-corrected chi connectivity index (χ1v) is 9.57. The quantitative estimate of drug-likeness (QED) is 0.933. The summed E-state index contributed by atoms with van der Waals surface area (Å²) in [5, 5.41) is 10.7. The molecule has 4 heteroatoms. The van der Waals surface area contributed by atoms with E-state index in [4.69, 9.17) is 0 Å². The molecule has 3 unspecified atom stereocenters. The third kappa shape index (κ3) is 3.49. The lowest BCUT2D eigenvalue weighted by Crippen LogP contribution is -2.39. The van der Waals surface area contributed by atoms with Crippen molar-refractivity contribution >= 4 is 9.84 Å². The van der Waals surface area contributed by atoms with Gasteiger partial charge in [-0.3, -0.25) is 0 Å². The van der Waals surface area contributed by atoms with E-state index in [-0.39, 0.29) is 11.2 Å². The summed E-state index contributed by atoms with van der Waals surface area (Å²) in [5.41, 5.74) is 2.28. The molecule has 0 radical (unpaired) electrons. The van der Waals surface area contributed by atoms with Crippen molar-refractivity contribution in [3.8, 4) is 0 Å². The molecule has 0 spiro atoms. The van der Waals surface area contributed by atoms with Gasteiger partial charge in [-0.2, -0.15) is 0 Å². The first kappa shape index (κ1) is 16.5. The third-order valence-electron chi connectivity index (χ3n) is 5.12. The van der Waals surface area contributed by atoms with Crippen molar-refractivity contribution in [1.82, 2.24) is 0 Å². The maximum Gasteiger partial charge on any atom is 0.150 e. The van der Waals surface area contributed by atoms with Crippen molar-refractivity contribution in [2.24, 2.45) is 5.92 Å². The maximum atomic E-state index is 11.8. The van der Waals surface area contributed by atoms with E-state index in [1.54, 1.807) is 0 Å². The van der Waals surface area contributed by atoms with Crippen LogP contribution in [0.4, 0.5) is 0 Å². The van der Waals surface area contributed by atoms with Crippen LogP contribution < -0.4 is 0 Å². The molecule has 1 fully saturated rings. The predicted octanol–water partition coefficient (Wildman–Crippen LogP) is 3.11. The molecule has 1 aliphatic carbocycles. The molecule has 2 rings (SSSR count). The Morgan fingerprint density at radius 3 is 2.43 bits per heavy atom. The molecule has 0 aromatic heterocycles. The number of hydrogen-bond acceptors (Lipinski definition) is 3. The Hall–Kier alpha value is -0.870. The Labute approximate surface area is 128 Å². The fourth-order valence-electron chi connectivity index (χ4n) is 3.34. The van der Waals surface area contributed by atoms with E-state index in [2.05, 4.69) is 0 Å². The molecule has 0 aliphatic heterocycles. The van der Waals surface area contributed by atoms with Crippen molar-refractivity contribution in [3.05, 3.63) is 34.9 Å². The van der Waals surface area contributed by atoms with Crippen LogP contribution in [0.2, 0.25) is 0 Å². The number of aryl methyl sites for hydroxylation is 2. The van der Waals surface area contributed by atoms with Gasteiger partial charge in [-0.1, -0.05) is 24.6 Å². The molecule has 1 saturated carbocycles. The standard InChI is InChI=1S/C17H26O3S/c1-12-8-9-15(10-13(12)2)17(3,18)14-6-5-7-16(11-14)21(4,19)20/h8-10,14,16,18H,5-7,11H2,1-4H3. The minimum atomic E-state index is -3.03. The summed E-state index contributed by atoms with van der Waals surface area (Å²) in [6, 6.07) is 6.02. The van der Waals surface area contributed by atoms with Gasteiger partial charge in [-0.15, -0.1) is 0 Å². The van der Waals surface area contributed by atoms with E-state index in [9.17, 15) is 13.5 Å². The molecular formula is C17H26O3S. The van der Waals surface area contributed by atoms with Gasteiger partial charge in [0.15, 0.2) is 0 Å². The minimum Gasteiger partial charge on any atom is -0.385 e. The Bertz CT molecular complexity index is 617. The second kappa shape index (κ2) is 5.73. The summed E-state index contributed by atoms with van der Waals surface area (Å²) in [5.74, 6) is -0.00641. The van der Waals surface area contributed by atoms with E-state index < -0.39 is 15.4 Å². The van der Waals surface area contributed by atoms with Gasteiger partial charge in [0, 0.05) is 6.26 Å². The third-order valence-corrected chi connectivity index (χ3v) is 6.76. The Balaban J connectivity index is 2.28. The van der Waals surface area contributed by atoms with Crippen molar-refractivity contribution in [1.29, 1.82) is 0 Å². The first-order chi connectivity index (χ1) is 9.62. The fourth-order valence-corrected chi connectivity index (χ4v) is 4.51. The van der Waals surface area contributed by atoms with E-state index >= 15 is 0 Å². The van der Waals surface area contributed by atoms with Crippen molar-refractivity contribution < 1.29 is 13.5 Å². The van der Waals surface area contributed by atoms with Crippen LogP contribution in [0, 0.1) is 19.8 Å². The zero-order valence-corrected chi connectivity index (χ0v) is 14.2. The summed E-state index contributed by atoms with van der Waals surface area (Å²) in [6.45, 7) is 5.91. The Kier molecular flexibility index (Phi) is 4.50. The second-order valence-electron chi connectivity index (χ2n) is 6.76. The van der Waals surface area contributed by atoms with Crippen LogP contribution in [0.3, 0.4) is 0 Å². The molecule has 118 valence electrons. The Morgan fingerprint density at radius 1 is 1.19 bits per heavy atom. The SMILES string of the molecule is Cc1ccc(C(C)(O)C2CCCC(S(C)(=O)=O)C2)cc1C. The highest BCUT2D eigenvalue weighted by Gasteiger charge is 2.39. The molecule has 1 aromatic rings. The zero-order chi connectivity index (χ0) is 15.8. The van der Waals surface area contributed by atoms with Gasteiger partial charge in [0.05, 0.1) is 10.9 Å². The number of benzene rings is 1. The Morgan fingerprint density at radius 2 is 1.86 bits per heavy atom. The molecule has 0 saturated heterocycles. The van der Waals surface area contributed by atoms with Gasteiger partial charge in [0.2, 0.25) is 0 Å². The van der Waals surface area contributed by atoms with Crippen LogP contribution in [0.1, 0.15) is 49.3 Å². The van der Waals surface area contributed by atoms with E-state index in [0.29, 0.717) is 6.42 Å². The fraction of sp³-hybridized carbons (Fsp3) is 0.647. The number of sulfone groups is 1. The van der Waals surface area contributed by atoms with Gasteiger partial charge in [0.25, 0.3) is 0 Å². The highest BCUT2D eigenvalue weighted by molar-refractivity contribution is 7.91. The number of aliphatic hydroxyl groups is 1. The summed E-state index contributed by atoms with van der Waals surface area (Å²) < 4.78 is 23.6. The van der Waals surface area contributed by atoms with E-state index in [1.807, 2.05) is 39.0 Å². The largest absolute Gasteiger partial charge is 0.385 e. The lowest BCUT2D eigenvalue weighted by atomic mass is 9.74. The van der Waals surface area contributed by atoms with E-state index in [1.165, 1.54) is 11.8 Å². The van der Waals surface area contributed by atoms with Crippen LogP contribution >= 0.6 is 0 Å². The van der Waals surface area contributed by atoms with Crippen LogP contribution in [0.15, 0.2) is 18.2 Å². The van der Waals surface area contributed by atoms with Crippen LogP contribution in [-0.2, 0) is 15.4 Å². The molecular weight excluding hydrogens is 284 g/mol. The number of rotatable bonds is 3. The monoisotopic (exact) mass is 310 g/mol. The topological polar surface area (TPSA) is 54.4 Å². The normalized spacial score (nSPS) is 26.3. The average molecular weight is 310 g/mol. The van der Waals surface area contributed by atoms with Crippen molar-refractivity contribution in [2.45, 2.75) is 57.3 Å². The predicted molar refractivity (Wildman–Crippen MR) is 86.1 cm³/mol. The molecule has 0 amide bonds. The molecule has 21 heavy (non-hydrogen) atoms. The lowest BCUT2D eigenvalue weighted by molar-refractivity contribution is -0.0208. The van der Waals surface area contributed by atoms with Crippen LogP contribution in [0.25, 0.3) is 0 Å². The van der Waals surface area contributed by atoms with Gasteiger partial charge in [-0.05, 0) is 62.6 Å². The van der Waals surface area contributed by atoms with Gasteiger partial charge in [-0.25, -0.2) is 8.42 Å². The summed E-state index contributed by atoms with van der Waals surface area (Å²) >= 11 is 0. The molecule has 1 aromatic carbocycles. The smallest absolute Gasteiger partial charge is 0.150 e. The molecule has 0 heterocycles. The molecule has 3 atom stereocenters. The molecule has 0 bridgehead atoms. The van der Waals surface area contributed by atoms with Crippen molar-refractivity contribution in [3.63, 3.8) is 0 Å². The zero-order valence-electron chi connectivity index (χ0n) is 13.4. The van der Waals surface area contributed by atoms with Gasteiger partial charge >= 0.3 is 0 Å².